The van der Waals surface area contributed by atoms with Crippen LogP contribution in [-0.2, 0) is 10.2 Å². The van der Waals surface area contributed by atoms with Gasteiger partial charge in [-0.2, -0.15) is 9.61 Å². The van der Waals surface area contributed by atoms with Crippen molar-refractivity contribution >= 4 is 40.5 Å². The van der Waals surface area contributed by atoms with E-state index < -0.39 is 5.41 Å². The number of carbonyl (C=O) groups excluding carboxylic acids is 1. The molecule has 0 aliphatic carbocycles. The molecule has 38 heavy (non-hydrogen) atoms. The van der Waals surface area contributed by atoms with Gasteiger partial charge in [0.1, 0.15) is 17.3 Å². The average molecular weight is 541 g/mol. The lowest BCUT2D eigenvalue weighted by Crippen LogP contribution is -2.47. The van der Waals surface area contributed by atoms with Crippen LogP contribution in [0.3, 0.4) is 0 Å². The molecule has 1 aliphatic heterocycles. The first-order valence-electron chi connectivity index (χ1n) is 12.7. The van der Waals surface area contributed by atoms with Crippen molar-refractivity contribution in [2.24, 2.45) is 0 Å². The van der Waals surface area contributed by atoms with Gasteiger partial charge in [0, 0.05) is 29.9 Å². The quantitative estimate of drug-likeness (QED) is 0.231. The van der Waals surface area contributed by atoms with Crippen LogP contribution in [0.2, 0.25) is 10.0 Å². The normalized spacial score (nSPS) is 15.1. The van der Waals surface area contributed by atoms with Crippen LogP contribution in [0.5, 0.6) is 0 Å². The molecule has 0 radical (unpaired) electrons. The zero-order valence-corrected chi connectivity index (χ0v) is 22.5. The van der Waals surface area contributed by atoms with Gasteiger partial charge >= 0.3 is 0 Å². The minimum Gasteiger partial charge on any atom is -0.356 e. The second-order valence-corrected chi connectivity index (χ2v) is 10.6. The van der Waals surface area contributed by atoms with Crippen molar-refractivity contribution in [1.29, 1.82) is 0 Å². The number of carbonyl (C=O) groups is 1. The third kappa shape index (κ3) is 4.16. The van der Waals surface area contributed by atoms with Crippen molar-refractivity contribution < 1.29 is 4.79 Å². The summed E-state index contributed by atoms with van der Waals surface area (Å²) in [6.07, 6.45) is 3.30. The van der Waals surface area contributed by atoms with Gasteiger partial charge < -0.3 is 4.90 Å². The Morgan fingerprint density at radius 2 is 1.55 bits per heavy atom. The average Bonchev–Trinajstić information content (AvgIpc) is 3.34. The summed E-state index contributed by atoms with van der Waals surface area (Å²) in [7, 11) is 0. The van der Waals surface area contributed by atoms with Gasteiger partial charge in [0.2, 0.25) is 0 Å². The van der Waals surface area contributed by atoms with Gasteiger partial charge in [-0.1, -0.05) is 83.9 Å². The fraction of sp³-hybridized carbons (Fsp3) is 0.194. The summed E-state index contributed by atoms with van der Waals surface area (Å²) >= 11 is 12.8. The largest absolute Gasteiger partial charge is 0.356 e. The molecule has 3 heterocycles. The Labute approximate surface area is 231 Å². The Bertz CT molecular complexity index is 1620. The van der Waals surface area contributed by atoms with Crippen molar-refractivity contribution in [3.8, 4) is 22.4 Å². The molecule has 0 bridgehead atoms. The second kappa shape index (κ2) is 9.90. The fourth-order valence-electron chi connectivity index (χ4n) is 5.62. The minimum atomic E-state index is -0.467. The predicted molar refractivity (Wildman–Crippen MR) is 154 cm³/mol. The molecule has 7 heteroatoms. The van der Waals surface area contributed by atoms with E-state index in [0.717, 1.165) is 65.3 Å². The predicted octanol–water partition coefficient (Wildman–Crippen LogP) is 7.50. The molecule has 1 saturated heterocycles. The molecule has 2 aromatic heterocycles. The fourth-order valence-corrected chi connectivity index (χ4v) is 5.97. The number of halogens is 2. The summed E-state index contributed by atoms with van der Waals surface area (Å²) in [4.78, 5) is 20.0. The standard InChI is InChI=1S/C31H26Cl2N4O/c1-21(38)31(23-7-3-2-4-8-23)16-19-36(20-17-31)27-15-18-34-30-28(22-11-13-24(32)14-12-22)29(35-37(27)30)25-9-5-6-10-26(25)33/h2-15,18H,16-17,19-20H2,1H3. The van der Waals surface area contributed by atoms with Gasteiger partial charge in [0.25, 0.3) is 0 Å². The first-order chi connectivity index (χ1) is 18.5. The summed E-state index contributed by atoms with van der Waals surface area (Å²) in [5.74, 6) is 1.15. The van der Waals surface area contributed by atoms with Gasteiger partial charge in [-0.3, -0.25) is 4.79 Å². The van der Waals surface area contributed by atoms with E-state index in [1.54, 1.807) is 6.92 Å². The summed E-state index contributed by atoms with van der Waals surface area (Å²) in [6, 6.07) is 27.6. The van der Waals surface area contributed by atoms with Crippen molar-refractivity contribution in [3.63, 3.8) is 0 Å². The lowest BCUT2D eigenvalue weighted by molar-refractivity contribution is -0.123. The summed E-state index contributed by atoms with van der Waals surface area (Å²) in [5, 5.41) is 6.37. The van der Waals surface area contributed by atoms with Crippen LogP contribution in [0, 0.1) is 0 Å². The second-order valence-electron chi connectivity index (χ2n) is 9.74. The first-order valence-corrected chi connectivity index (χ1v) is 13.4. The number of benzene rings is 3. The maximum atomic E-state index is 12.9. The van der Waals surface area contributed by atoms with E-state index in [2.05, 4.69) is 17.0 Å². The number of hydrogen-bond donors (Lipinski definition) is 0. The molecular formula is C31H26Cl2N4O. The molecule has 3 aromatic carbocycles. The number of hydrogen-bond acceptors (Lipinski definition) is 4. The molecule has 1 aliphatic rings. The number of nitrogens with zero attached hydrogens (tertiary/aromatic N) is 4. The highest BCUT2D eigenvalue weighted by Crippen LogP contribution is 2.41. The Hall–Kier alpha value is -3.67. The van der Waals surface area contributed by atoms with Crippen LogP contribution < -0.4 is 4.90 Å². The lowest BCUT2D eigenvalue weighted by atomic mass is 9.70. The maximum Gasteiger partial charge on any atom is 0.165 e. The highest BCUT2D eigenvalue weighted by Gasteiger charge is 2.40. The van der Waals surface area contributed by atoms with Crippen molar-refractivity contribution in [3.05, 3.63) is 107 Å². The van der Waals surface area contributed by atoms with Crippen LogP contribution in [0.25, 0.3) is 28.0 Å². The highest BCUT2D eigenvalue weighted by atomic mass is 35.5. The van der Waals surface area contributed by atoms with Crippen LogP contribution in [0.4, 0.5) is 5.82 Å². The molecule has 190 valence electrons. The number of ketones is 1. The van der Waals surface area contributed by atoms with E-state index in [9.17, 15) is 4.79 Å². The monoisotopic (exact) mass is 540 g/mol. The number of rotatable bonds is 5. The van der Waals surface area contributed by atoms with Gasteiger partial charge in [0.05, 0.1) is 16.0 Å². The van der Waals surface area contributed by atoms with Crippen LogP contribution in [0.15, 0.2) is 91.1 Å². The Kier molecular flexibility index (Phi) is 6.42. The van der Waals surface area contributed by atoms with E-state index in [4.69, 9.17) is 33.3 Å². The number of aromatic nitrogens is 3. The van der Waals surface area contributed by atoms with E-state index in [1.165, 1.54) is 0 Å². The van der Waals surface area contributed by atoms with Gasteiger partial charge in [-0.25, -0.2) is 4.98 Å². The molecule has 0 atom stereocenters. The molecule has 0 N–H and O–H groups in total. The van der Waals surface area contributed by atoms with Crippen molar-refractivity contribution in [1.82, 2.24) is 14.6 Å². The highest BCUT2D eigenvalue weighted by molar-refractivity contribution is 6.33. The van der Waals surface area contributed by atoms with E-state index >= 15 is 0 Å². The van der Waals surface area contributed by atoms with Gasteiger partial charge in [-0.15, -0.1) is 0 Å². The Morgan fingerprint density at radius 3 is 2.24 bits per heavy atom. The molecule has 0 unspecified atom stereocenters. The first kappa shape index (κ1) is 24.7. The van der Waals surface area contributed by atoms with Crippen molar-refractivity contribution in [2.45, 2.75) is 25.2 Å². The summed E-state index contributed by atoms with van der Waals surface area (Å²) in [5.41, 5.74) is 4.83. The zero-order valence-electron chi connectivity index (χ0n) is 20.9. The molecule has 0 saturated carbocycles. The van der Waals surface area contributed by atoms with Gasteiger partial charge in [-0.05, 0) is 55.2 Å². The third-order valence-corrected chi connectivity index (χ3v) is 8.28. The number of piperidine rings is 1. The number of Topliss-reactive ketones (excluding diaryl/α,β-unsaturated/α-hetero) is 1. The van der Waals surface area contributed by atoms with Crippen LogP contribution in [-0.4, -0.2) is 33.5 Å². The van der Waals surface area contributed by atoms with E-state index in [1.807, 2.05) is 83.5 Å². The van der Waals surface area contributed by atoms with Crippen LogP contribution in [0.1, 0.15) is 25.3 Å². The number of fused-ring (bicyclic) bond motifs is 1. The third-order valence-electron chi connectivity index (χ3n) is 7.70. The molecular weight excluding hydrogens is 515 g/mol. The van der Waals surface area contributed by atoms with E-state index in [-0.39, 0.29) is 5.78 Å². The Morgan fingerprint density at radius 1 is 0.868 bits per heavy atom. The molecule has 6 rings (SSSR count). The van der Waals surface area contributed by atoms with E-state index in [0.29, 0.717) is 10.0 Å². The van der Waals surface area contributed by atoms with Crippen LogP contribution >= 0.6 is 23.2 Å². The van der Waals surface area contributed by atoms with Gasteiger partial charge in [0.15, 0.2) is 5.65 Å². The SMILES string of the molecule is CC(=O)C1(c2ccccc2)CCN(c2ccnc3c(-c4ccc(Cl)cc4)c(-c4ccccc4Cl)nn23)CC1. The lowest BCUT2D eigenvalue weighted by Gasteiger charge is -2.41. The zero-order chi connectivity index (χ0) is 26.3. The minimum absolute atomic E-state index is 0.216. The molecule has 5 nitrogen and oxygen atoms in total. The molecule has 0 spiro atoms. The Balaban J connectivity index is 1.45. The molecule has 5 aromatic rings. The smallest absolute Gasteiger partial charge is 0.165 e. The maximum absolute atomic E-state index is 12.9. The molecule has 1 fully saturated rings. The topological polar surface area (TPSA) is 50.5 Å². The number of anilines is 1. The summed E-state index contributed by atoms with van der Waals surface area (Å²) < 4.78 is 1.91. The van der Waals surface area contributed by atoms with Crippen molar-refractivity contribution in [2.75, 3.05) is 18.0 Å². The summed E-state index contributed by atoms with van der Waals surface area (Å²) in [6.45, 7) is 3.17. The molecule has 0 amide bonds.